The van der Waals surface area contributed by atoms with Crippen molar-refractivity contribution in [3.05, 3.63) is 36.0 Å². The van der Waals surface area contributed by atoms with E-state index >= 15 is 0 Å². The normalized spacial score (nSPS) is 19.8. The number of halogens is 2. The number of alkyl halides is 2. The standard InChI is InChI=1S/C21H21F2N7OS/c1-12-24-10-13(11-25-12)18-27-17(15-3-6-26-29(15)2)14-9-16(32-19(14)28-18)20(31)30-7-4-21(22,23)5-8-30/h3,6,10-11,16H,4-5,7-9H2,1-2H3. The Morgan fingerprint density at radius 2 is 1.91 bits per heavy atom. The minimum Gasteiger partial charge on any atom is -0.341 e. The molecule has 0 radical (unpaired) electrons. The van der Waals surface area contributed by atoms with Crippen LogP contribution in [0.2, 0.25) is 0 Å². The van der Waals surface area contributed by atoms with Gasteiger partial charge in [-0.25, -0.2) is 28.7 Å². The van der Waals surface area contributed by atoms with Gasteiger partial charge in [0.1, 0.15) is 10.9 Å². The van der Waals surface area contributed by atoms with Crippen LogP contribution in [0.25, 0.3) is 22.8 Å². The number of thioether (sulfide) groups is 1. The average Bonchev–Trinajstić information content (AvgIpc) is 3.39. The maximum absolute atomic E-state index is 13.5. The molecule has 3 aromatic heterocycles. The SMILES string of the molecule is Cc1ncc(-c2nc3c(c(-c4ccnn4C)n2)CC(C(=O)N2CCC(F)(F)CC2)S3)cn1. The van der Waals surface area contributed by atoms with Crippen LogP contribution in [0.5, 0.6) is 0 Å². The minimum absolute atomic E-state index is 0.0749. The molecule has 0 saturated carbocycles. The average molecular weight is 458 g/mol. The summed E-state index contributed by atoms with van der Waals surface area (Å²) in [5, 5.41) is 4.55. The summed E-state index contributed by atoms with van der Waals surface area (Å²) in [6.45, 7) is 1.95. The number of hydrogen-bond acceptors (Lipinski definition) is 7. The molecule has 0 aliphatic carbocycles. The van der Waals surface area contributed by atoms with Crippen LogP contribution < -0.4 is 0 Å². The number of fused-ring (bicyclic) bond motifs is 1. The predicted octanol–water partition coefficient (Wildman–Crippen LogP) is 2.92. The van der Waals surface area contributed by atoms with Crippen molar-refractivity contribution in [2.24, 2.45) is 7.05 Å². The predicted molar refractivity (Wildman–Crippen MR) is 114 cm³/mol. The molecular formula is C21H21F2N7OS. The topological polar surface area (TPSA) is 89.7 Å². The van der Waals surface area contributed by atoms with Crippen molar-refractivity contribution in [3.63, 3.8) is 0 Å². The number of nitrogens with zero attached hydrogens (tertiary/aromatic N) is 7. The van der Waals surface area contributed by atoms with E-state index in [1.165, 1.54) is 11.8 Å². The first-order chi connectivity index (χ1) is 15.3. The summed E-state index contributed by atoms with van der Waals surface area (Å²) in [6.07, 6.45) is 4.90. The smallest absolute Gasteiger partial charge is 0.251 e. The van der Waals surface area contributed by atoms with Crippen LogP contribution in [-0.2, 0) is 18.3 Å². The quantitative estimate of drug-likeness (QED) is 0.559. The third kappa shape index (κ3) is 3.85. The van der Waals surface area contributed by atoms with Gasteiger partial charge in [0.25, 0.3) is 5.92 Å². The number of hydrogen-bond donors (Lipinski definition) is 0. The Morgan fingerprint density at radius 3 is 2.56 bits per heavy atom. The lowest BCUT2D eigenvalue weighted by Crippen LogP contribution is -2.46. The van der Waals surface area contributed by atoms with Gasteiger partial charge in [-0.3, -0.25) is 9.48 Å². The monoisotopic (exact) mass is 457 g/mol. The molecule has 8 nitrogen and oxygen atoms in total. The van der Waals surface area contributed by atoms with Gasteiger partial charge in [-0.1, -0.05) is 11.8 Å². The van der Waals surface area contributed by atoms with Crippen LogP contribution in [0, 0.1) is 6.92 Å². The summed E-state index contributed by atoms with van der Waals surface area (Å²) < 4.78 is 28.8. The molecule has 2 aliphatic heterocycles. The molecule has 0 bridgehead atoms. The Morgan fingerprint density at radius 1 is 1.19 bits per heavy atom. The number of aryl methyl sites for hydroxylation is 2. The third-order valence-electron chi connectivity index (χ3n) is 5.80. The first kappa shape index (κ1) is 20.9. The van der Waals surface area contributed by atoms with E-state index in [0.717, 1.165) is 11.3 Å². The first-order valence-corrected chi connectivity index (χ1v) is 11.2. The van der Waals surface area contributed by atoms with E-state index in [1.807, 2.05) is 13.1 Å². The van der Waals surface area contributed by atoms with Gasteiger partial charge in [-0.15, -0.1) is 0 Å². The molecule has 0 N–H and O–H groups in total. The van der Waals surface area contributed by atoms with Crippen LogP contribution in [0.4, 0.5) is 8.78 Å². The number of aromatic nitrogens is 6. The maximum Gasteiger partial charge on any atom is 0.251 e. The summed E-state index contributed by atoms with van der Waals surface area (Å²) in [6, 6.07) is 1.87. The zero-order valence-corrected chi connectivity index (χ0v) is 18.4. The minimum atomic E-state index is -2.69. The Labute approximate surface area is 187 Å². The van der Waals surface area contributed by atoms with Crippen molar-refractivity contribution in [1.82, 2.24) is 34.6 Å². The Bertz CT molecular complexity index is 1170. The fourth-order valence-electron chi connectivity index (χ4n) is 3.96. The fourth-order valence-corrected chi connectivity index (χ4v) is 5.19. The Kier molecular flexibility index (Phi) is 5.15. The second-order valence-corrected chi connectivity index (χ2v) is 9.22. The molecule has 11 heteroatoms. The van der Waals surface area contributed by atoms with Gasteiger partial charge in [0.15, 0.2) is 5.82 Å². The lowest BCUT2D eigenvalue weighted by molar-refractivity contribution is -0.136. The number of carbonyl (C=O) groups excluding carboxylic acids is 1. The summed E-state index contributed by atoms with van der Waals surface area (Å²) >= 11 is 1.37. The molecular weight excluding hydrogens is 436 g/mol. The second kappa shape index (κ2) is 7.88. The summed E-state index contributed by atoms with van der Waals surface area (Å²) in [4.78, 5) is 32.6. The fraction of sp³-hybridized carbons (Fsp3) is 0.429. The zero-order chi connectivity index (χ0) is 22.5. The van der Waals surface area contributed by atoms with Crippen LogP contribution in [0.3, 0.4) is 0 Å². The molecule has 1 fully saturated rings. The van der Waals surface area contributed by atoms with E-state index in [1.54, 1.807) is 35.1 Å². The zero-order valence-electron chi connectivity index (χ0n) is 17.6. The third-order valence-corrected chi connectivity index (χ3v) is 7.01. The molecule has 0 spiro atoms. The molecule has 166 valence electrons. The van der Waals surface area contributed by atoms with Crippen molar-refractivity contribution >= 4 is 17.7 Å². The number of amides is 1. The highest BCUT2D eigenvalue weighted by Crippen LogP contribution is 2.42. The van der Waals surface area contributed by atoms with Gasteiger partial charge >= 0.3 is 0 Å². The largest absolute Gasteiger partial charge is 0.341 e. The summed E-state index contributed by atoms with van der Waals surface area (Å²) in [5.74, 6) is -1.70. The van der Waals surface area contributed by atoms with Crippen LogP contribution >= 0.6 is 11.8 Å². The van der Waals surface area contributed by atoms with Crippen LogP contribution in [-0.4, -0.2) is 64.8 Å². The van der Waals surface area contributed by atoms with E-state index < -0.39 is 11.2 Å². The van der Waals surface area contributed by atoms with E-state index in [2.05, 4.69) is 15.1 Å². The van der Waals surface area contributed by atoms with Gasteiger partial charge in [-0.05, 0) is 19.4 Å². The lowest BCUT2D eigenvalue weighted by Gasteiger charge is -2.33. The van der Waals surface area contributed by atoms with Gasteiger partial charge in [0.05, 0.1) is 22.2 Å². The summed E-state index contributed by atoms with van der Waals surface area (Å²) in [5.41, 5.74) is 3.06. The molecule has 1 unspecified atom stereocenters. The van der Waals surface area contributed by atoms with Crippen molar-refractivity contribution < 1.29 is 13.6 Å². The molecule has 1 atom stereocenters. The molecule has 32 heavy (non-hydrogen) atoms. The van der Waals surface area contributed by atoms with Crippen LogP contribution in [0.15, 0.2) is 29.7 Å². The van der Waals surface area contributed by atoms with Gasteiger partial charge in [-0.2, -0.15) is 5.10 Å². The first-order valence-electron chi connectivity index (χ1n) is 10.3. The summed E-state index contributed by atoms with van der Waals surface area (Å²) in [7, 11) is 1.83. The van der Waals surface area contributed by atoms with Gasteiger partial charge in [0.2, 0.25) is 5.91 Å². The van der Waals surface area contributed by atoms with Gasteiger partial charge < -0.3 is 4.90 Å². The van der Waals surface area contributed by atoms with Crippen molar-refractivity contribution in [2.45, 2.75) is 42.4 Å². The molecule has 1 saturated heterocycles. The van der Waals surface area contributed by atoms with Crippen LogP contribution in [0.1, 0.15) is 24.2 Å². The number of rotatable bonds is 3. The lowest BCUT2D eigenvalue weighted by atomic mass is 10.0. The van der Waals surface area contributed by atoms with Crippen molar-refractivity contribution in [3.8, 4) is 22.8 Å². The highest BCUT2D eigenvalue weighted by molar-refractivity contribution is 8.00. The van der Waals surface area contributed by atoms with Crippen molar-refractivity contribution in [2.75, 3.05) is 13.1 Å². The van der Waals surface area contributed by atoms with E-state index in [0.29, 0.717) is 34.4 Å². The number of carbonyl (C=O) groups is 1. The molecule has 0 aromatic carbocycles. The van der Waals surface area contributed by atoms with E-state index in [-0.39, 0.29) is 31.8 Å². The highest BCUT2D eigenvalue weighted by Gasteiger charge is 2.40. The Hall–Kier alpha value is -2.95. The number of likely N-dealkylation sites (tertiary alicyclic amines) is 1. The highest BCUT2D eigenvalue weighted by atomic mass is 32.2. The molecule has 5 rings (SSSR count). The molecule has 2 aliphatic rings. The van der Waals surface area contributed by atoms with Gasteiger partial charge in [0, 0.05) is 57.1 Å². The second-order valence-electron chi connectivity index (χ2n) is 8.03. The van der Waals surface area contributed by atoms with Crippen molar-refractivity contribution in [1.29, 1.82) is 0 Å². The Balaban J connectivity index is 1.49. The van der Waals surface area contributed by atoms with E-state index in [4.69, 9.17) is 9.97 Å². The molecule has 3 aromatic rings. The maximum atomic E-state index is 13.5. The molecule has 1 amide bonds. The van der Waals surface area contributed by atoms with E-state index in [9.17, 15) is 13.6 Å². The number of piperidine rings is 1. The molecule has 5 heterocycles.